The molecule has 0 heterocycles. The van der Waals surface area contributed by atoms with Crippen LogP contribution in [0.3, 0.4) is 0 Å². The standard InChI is InChI=1S/C15H25N3/c1-12-7-8-14(16)15(11-12)17-9-10-18(2)13-5-3-4-6-13/h7-8,11,13,17H,3-6,9-10,16H2,1-2H3. The molecule has 3 heteroatoms. The number of nitrogens with zero attached hydrogens (tertiary/aromatic N) is 1. The van der Waals surface area contributed by atoms with Gasteiger partial charge in [0.2, 0.25) is 0 Å². The zero-order valence-electron chi connectivity index (χ0n) is 11.6. The maximum absolute atomic E-state index is 5.95. The van der Waals surface area contributed by atoms with Gasteiger partial charge in [-0.3, -0.25) is 0 Å². The molecule has 1 aromatic carbocycles. The first-order valence-electron chi connectivity index (χ1n) is 6.97. The van der Waals surface area contributed by atoms with Gasteiger partial charge in [0.1, 0.15) is 0 Å². The van der Waals surface area contributed by atoms with Gasteiger partial charge in [-0.05, 0) is 44.5 Å². The lowest BCUT2D eigenvalue weighted by atomic mass is 10.2. The van der Waals surface area contributed by atoms with E-state index in [-0.39, 0.29) is 0 Å². The Labute approximate surface area is 110 Å². The van der Waals surface area contributed by atoms with Gasteiger partial charge in [0.25, 0.3) is 0 Å². The van der Waals surface area contributed by atoms with Crippen LogP contribution >= 0.6 is 0 Å². The molecule has 1 aromatic rings. The second-order valence-electron chi connectivity index (χ2n) is 5.44. The molecule has 0 aromatic heterocycles. The molecule has 0 bridgehead atoms. The number of hydrogen-bond acceptors (Lipinski definition) is 3. The van der Waals surface area contributed by atoms with Crippen LogP contribution in [-0.4, -0.2) is 31.1 Å². The Morgan fingerprint density at radius 3 is 2.78 bits per heavy atom. The van der Waals surface area contributed by atoms with E-state index in [1.54, 1.807) is 0 Å². The van der Waals surface area contributed by atoms with E-state index < -0.39 is 0 Å². The lowest BCUT2D eigenvalue weighted by Gasteiger charge is -2.24. The average molecular weight is 247 g/mol. The Morgan fingerprint density at radius 1 is 1.33 bits per heavy atom. The lowest BCUT2D eigenvalue weighted by molar-refractivity contribution is 0.254. The zero-order chi connectivity index (χ0) is 13.0. The summed E-state index contributed by atoms with van der Waals surface area (Å²) in [6.45, 7) is 4.13. The lowest BCUT2D eigenvalue weighted by Crippen LogP contribution is -2.33. The molecule has 1 fully saturated rings. The van der Waals surface area contributed by atoms with Gasteiger partial charge in [0.05, 0.1) is 11.4 Å². The number of benzene rings is 1. The highest BCUT2D eigenvalue weighted by molar-refractivity contribution is 5.66. The fraction of sp³-hybridized carbons (Fsp3) is 0.600. The van der Waals surface area contributed by atoms with Crippen LogP contribution in [0.15, 0.2) is 18.2 Å². The Balaban J connectivity index is 1.79. The molecule has 0 spiro atoms. The highest BCUT2D eigenvalue weighted by Gasteiger charge is 2.18. The average Bonchev–Trinajstić information content (AvgIpc) is 2.87. The van der Waals surface area contributed by atoms with Crippen LogP contribution in [0.5, 0.6) is 0 Å². The van der Waals surface area contributed by atoms with E-state index in [0.29, 0.717) is 0 Å². The molecule has 0 amide bonds. The largest absolute Gasteiger partial charge is 0.397 e. The third-order valence-corrected chi connectivity index (χ3v) is 3.94. The molecule has 0 aliphatic heterocycles. The Hall–Kier alpha value is -1.22. The zero-order valence-corrected chi connectivity index (χ0v) is 11.6. The molecule has 0 radical (unpaired) electrons. The number of nitrogens with two attached hydrogens (primary N) is 1. The van der Waals surface area contributed by atoms with Crippen LogP contribution in [0.1, 0.15) is 31.2 Å². The van der Waals surface area contributed by atoms with Crippen molar-refractivity contribution in [3.05, 3.63) is 23.8 Å². The summed E-state index contributed by atoms with van der Waals surface area (Å²) in [5.41, 5.74) is 9.10. The molecular weight excluding hydrogens is 222 g/mol. The molecule has 18 heavy (non-hydrogen) atoms. The molecule has 3 nitrogen and oxygen atoms in total. The minimum absolute atomic E-state index is 0.793. The van der Waals surface area contributed by atoms with Crippen molar-refractivity contribution in [2.45, 2.75) is 38.6 Å². The Morgan fingerprint density at radius 2 is 2.06 bits per heavy atom. The molecule has 1 aliphatic rings. The second-order valence-corrected chi connectivity index (χ2v) is 5.44. The molecule has 0 atom stereocenters. The van der Waals surface area contributed by atoms with Gasteiger partial charge in [-0.1, -0.05) is 18.9 Å². The van der Waals surface area contributed by atoms with Gasteiger partial charge in [0.15, 0.2) is 0 Å². The summed E-state index contributed by atoms with van der Waals surface area (Å²) in [7, 11) is 2.23. The fourth-order valence-electron chi connectivity index (χ4n) is 2.72. The van der Waals surface area contributed by atoms with E-state index in [1.807, 2.05) is 12.1 Å². The predicted molar refractivity (Wildman–Crippen MR) is 79.0 cm³/mol. The number of nitrogens with one attached hydrogen (secondary N) is 1. The Bertz CT molecular complexity index is 383. The van der Waals surface area contributed by atoms with Gasteiger partial charge < -0.3 is 16.0 Å². The van der Waals surface area contributed by atoms with E-state index in [0.717, 1.165) is 30.5 Å². The first-order chi connectivity index (χ1) is 8.66. The van der Waals surface area contributed by atoms with Crippen LogP contribution in [0.25, 0.3) is 0 Å². The van der Waals surface area contributed by atoms with Crippen molar-refractivity contribution in [3.63, 3.8) is 0 Å². The van der Waals surface area contributed by atoms with E-state index in [4.69, 9.17) is 5.73 Å². The summed E-state index contributed by atoms with van der Waals surface area (Å²) in [6, 6.07) is 6.93. The quantitative estimate of drug-likeness (QED) is 0.786. The van der Waals surface area contributed by atoms with Crippen molar-refractivity contribution in [2.75, 3.05) is 31.2 Å². The monoisotopic (exact) mass is 247 g/mol. The maximum atomic E-state index is 5.95. The normalized spacial score (nSPS) is 16.4. The molecular formula is C15H25N3. The summed E-state index contributed by atoms with van der Waals surface area (Å²) in [5, 5.41) is 3.44. The molecule has 1 saturated carbocycles. The molecule has 0 unspecified atom stereocenters. The number of anilines is 2. The summed E-state index contributed by atoms with van der Waals surface area (Å²) in [6.07, 6.45) is 5.52. The fourth-order valence-corrected chi connectivity index (χ4v) is 2.72. The molecule has 1 aliphatic carbocycles. The third kappa shape index (κ3) is 3.39. The Kier molecular flexibility index (Phi) is 4.48. The topological polar surface area (TPSA) is 41.3 Å². The van der Waals surface area contributed by atoms with Crippen molar-refractivity contribution >= 4 is 11.4 Å². The smallest absolute Gasteiger partial charge is 0.0577 e. The van der Waals surface area contributed by atoms with Gasteiger partial charge >= 0.3 is 0 Å². The van der Waals surface area contributed by atoms with Crippen LogP contribution in [0, 0.1) is 6.92 Å². The van der Waals surface area contributed by atoms with Crippen molar-refractivity contribution in [1.29, 1.82) is 0 Å². The van der Waals surface area contributed by atoms with Gasteiger partial charge in [-0.2, -0.15) is 0 Å². The minimum atomic E-state index is 0.793. The summed E-state index contributed by atoms with van der Waals surface area (Å²) < 4.78 is 0. The minimum Gasteiger partial charge on any atom is -0.397 e. The van der Waals surface area contributed by atoms with E-state index >= 15 is 0 Å². The number of nitrogen functional groups attached to an aromatic ring is 1. The third-order valence-electron chi connectivity index (χ3n) is 3.94. The van der Waals surface area contributed by atoms with Crippen LogP contribution in [-0.2, 0) is 0 Å². The summed E-state index contributed by atoms with van der Waals surface area (Å²) in [5.74, 6) is 0. The van der Waals surface area contributed by atoms with Crippen LogP contribution in [0.4, 0.5) is 11.4 Å². The van der Waals surface area contributed by atoms with Crippen molar-refractivity contribution in [3.8, 4) is 0 Å². The predicted octanol–water partition coefficient (Wildman–Crippen LogP) is 2.86. The van der Waals surface area contributed by atoms with Crippen LogP contribution < -0.4 is 11.1 Å². The summed E-state index contributed by atoms with van der Waals surface area (Å²) in [4.78, 5) is 2.48. The highest BCUT2D eigenvalue weighted by Crippen LogP contribution is 2.22. The van der Waals surface area contributed by atoms with E-state index in [9.17, 15) is 0 Å². The summed E-state index contributed by atoms with van der Waals surface area (Å²) >= 11 is 0. The maximum Gasteiger partial charge on any atom is 0.0577 e. The second kappa shape index (κ2) is 6.10. The SMILES string of the molecule is Cc1ccc(N)c(NCCN(C)C2CCCC2)c1. The van der Waals surface area contributed by atoms with Crippen LogP contribution in [0.2, 0.25) is 0 Å². The van der Waals surface area contributed by atoms with Crippen molar-refractivity contribution < 1.29 is 0 Å². The van der Waals surface area contributed by atoms with Gasteiger partial charge in [-0.25, -0.2) is 0 Å². The van der Waals surface area contributed by atoms with Crippen molar-refractivity contribution in [2.24, 2.45) is 0 Å². The molecule has 0 saturated heterocycles. The number of rotatable bonds is 5. The first kappa shape index (κ1) is 13.2. The van der Waals surface area contributed by atoms with Gasteiger partial charge in [-0.15, -0.1) is 0 Å². The highest BCUT2D eigenvalue weighted by atomic mass is 15.1. The van der Waals surface area contributed by atoms with E-state index in [2.05, 4.69) is 30.3 Å². The number of aryl methyl sites for hydroxylation is 1. The molecule has 100 valence electrons. The first-order valence-corrected chi connectivity index (χ1v) is 6.97. The number of likely N-dealkylation sites (N-methyl/N-ethyl adjacent to an activating group) is 1. The molecule has 3 N–H and O–H groups in total. The van der Waals surface area contributed by atoms with Crippen molar-refractivity contribution in [1.82, 2.24) is 4.90 Å². The number of hydrogen-bond donors (Lipinski definition) is 2. The van der Waals surface area contributed by atoms with E-state index in [1.165, 1.54) is 31.2 Å². The van der Waals surface area contributed by atoms with Gasteiger partial charge in [0, 0.05) is 19.1 Å². The molecule has 2 rings (SSSR count).